The van der Waals surface area contributed by atoms with E-state index in [9.17, 15) is 4.79 Å². The molecule has 2 heterocycles. The summed E-state index contributed by atoms with van der Waals surface area (Å²) in [4.78, 5) is 12.7. The number of hydrogen-bond acceptors (Lipinski definition) is 6. The lowest BCUT2D eigenvalue weighted by atomic mass is 10.2. The Balaban J connectivity index is 1.27. The molecule has 0 bridgehead atoms. The molecule has 1 amide bonds. The van der Waals surface area contributed by atoms with Crippen molar-refractivity contribution in [3.05, 3.63) is 24.0 Å². The highest BCUT2D eigenvalue weighted by Crippen LogP contribution is 2.46. The molecule has 3 aliphatic rings. The standard InChI is InChI=1S/C19H22N4O3S/c1-11(18(24)20-13-4-7-15-16(10-13)26-9-8-25-15)27-19-22-21-17(12-2-3-12)23(19)14-5-6-14/h4,7,10-12,14H,2-3,5-6,8-9H2,1H3,(H,20,24)/t11-/m0/s1. The fraction of sp³-hybridized carbons (Fsp3) is 0.526. The minimum absolute atomic E-state index is 0.0602. The number of amides is 1. The molecule has 1 atom stereocenters. The lowest BCUT2D eigenvalue weighted by Gasteiger charge is -2.19. The summed E-state index contributed by atoms with van der Waals surface area (Å²) >= 11 is 1.48. The highest BCUT2D eigenvalue weighted by atomic mass is 32.2. The van der Waals surface area contributed by atoms with Crippen molar-refractivity contribution < 1.29 is 14.3 Å². The molecular formula is C19H22N4O3S. The van der Waals surface area contributed by atoms with Crippen molar-refractivity contribution in [3.8, 4) is 11.5 Å². The van der Waals surface area contributed by atoms with Crippen LogP contribution < -0.4 is 14.8 Å². The van der Waals surface area contributed by atoms with Gasteiger partial charge in [0.05, 0.1) is 5.25 Å². The first-order chi connectivity index (χ1) is 13.2. The van der Waals surface area contributed by atoms with Gasteiger partial charge in [0.1, 0.15) is 19.0 Å². The molecule has 2 aromatic rings. The number of carbonyl (C=O) groups excluding carboxylic acids is 1. The normalized spacial score (nSPS) is 19.6. The van der Waals surface area contributed by atoms with E-state index in [4.69, 9.17) is 9.47 Å². The molecule has 1 aliphatic heterocycles. The Bertz CT molecular complexity index is 876. The first-order valence-electron chi connectivity index (χ1n) is 9.51. The highest BCUT2D eigenvalue weighted by molar-refractivity contribution is 8.00. The van der Waals surface area contributed by atoms with Gasteiger partial charge in [0, 0.05) is 23.7 Å². The molecule has 1 aromatic carbocycles. The van der Waals surface area contributed by atoms with E-state index in [-0.39, 0.29) is 11.2 Å². The van der Waals surface area contributed by atoms with Crippen LogP contribution in [0.25, 0.3) is 0 Å². The maximum Gasteiger partial charge on any atom is 0.237 e. The van der Waals surface area contributed by atoms with E-state index < -0.39 is 0 Å². The SMILES string of the molecule is C[C@H](Sc1nnc(C2CC2)n1C1CC1)C(=O)Nc1ccc2c(c1)OCCO2. The minimum Gasteiger partial charge on any atom is -0.486 e. The summed E-state index contributed by atoms with van der Waals surface area (Å²) in [6.45, 7) is 2.98. The van der Waals surface area contributed by atoms with Gasteiger partial charge in [0.2, 0.25) is 5.91 Å². The smallest absolute Gasteiger partial charge is 0.237 e. The van der Waals surface area contributed by atoms with E-state index in [0.717, 1.165) is 11.0 Å². The van der Waals surface area contributed by atoms with Crippen molar-refractivity contribution in [2.75, 3.05) is 18.5 Å². The molecule has 1 N–H and O–H groups in total. The lowest BCUT2D eigenvalue weighted by Crippen LogP contribution is -2.23. The van der Waals surface area contributed by atoms with E-state index in [0.29, 0.717) is 42.4 Å². The fourth-order valence-electron chi connectivity index (χ4n) is 3.24. The Morgan fingerprint density at radius 2 is 1.96 bits per heavy atom. The van der Waals surface area contributed by atoms with Crippen LogP contribution in [0.15, 0.2) is 23.4 Å². The van der Waals surface area contributed by atoms with Crippen LogP contribution in [0.2, 0.25) is 0 Å². The van der Waals surface area contributed by atoms with Gasteiger partial charge in [-0.25, -0.2) is 0 Å². The zero-order chi connectivity index (χ0) is 18.4. The lowest BCUT2D eigenvalue weighted by molar-refractivity contribution is -0.115. The van der Waals surface area contributed by atoms with E-state index in [1.807, 2.05) is 25.1 Å². The van der Waals surface area contributed by atoms with Crippen LogP contribution in [0.5, 0.6) is 11.5 Å². The van der Waals surface area contributed by atoms with E-state index in [2.05, 4.69) is 20.1 Å². The average Bonchev–Trinajstić information content (AvgIpc) is 3.60. The third kappa shape index (κ3) is 3.50. The number of nitrogens with one attached hydrogen (secondary N) is 1. The second kappa shape index (κ2) is 6.74. The van der Waals surface area contributed by atoms with Gasteiger partial charge in [-0.2, -0.15) is 0 Å². The number of benzene rings is 1. The van der Waals surface area contributed by atoms with Gasteiger partial charge in [-0.3, -0.25) is 4.79 Å². The van der Waals surface area contributed by atoms with E-state index >= 15 is 0 Å². The number of hydrogen-bond donors (Lipinski definition) is 1. The molecule has 0 radical (unpaired) electrons. The van der Waals surface area contributed by atoms with Crippen LogP contribution in [0.4, 0.5) is 5.69 Å². The minimum atomic E-state index is -0.271. The van der Waals surface area contributed by atoms with Gasteiger partial charge < -0.3 is 19.4 Å². The van der Waals surface area contributed by atoms with Crippen molar-refractivity contribution in [1.29, 1.82) is 0 Å². The van der Waals surface area contributed by atoms with Gasteiger partial charge in [-0.1, -0.05) is 11.8 Å². The largest absolute Gasteiger partial charge is 0.486 e. The number of anilines is 1. The maximum absolute atomic E-state index is 12.7. The first-order valence-corrected chi connectivity index (χ1v) is 10.4. The van der Waals surface area contributed by atoms with E-state index in [1.165, 1.54) is 37.4 Å². The molecule has 0 unspecified atom stereocenters. The number of fused-ring (bicyclic) bond motifs is 1. The summed E-state index contributed by atoms with van der Waals surface area (Å²) in [5.41, 5.74) is 0.707. The van der Waals surface area contributed by atoms with Crippen molar-refractivity contribution >= 4 is 23.4 Å². The predicted octanol–water partition coefficient (Wildman–Crippen LogP) is 3.38. The summed E-state index contributed by atoms with van der Waals surface area (Å²) in [6.07, 6.45) is 4.78. The molecule has 2 aliphatic carbocycles. The Morgan fingerprint density at radius 1 is 1.19 bits per heavy atom. The van der Waals surface area contributed by atoms with Gasteiger partial charge in [-0.05, 0) is 44.7 Å². The first kappa shape index (κ1) is 16.9. The van der Waals surface area contributed by atoms with Gasteiger partial charge in [0.15, 0.2) is 16.7 Å². The van der Waals surface area contributed by atoms with Crippen LogP contribution in [0.1, 0.15) is 50.4 Å². The van der Waals surface area contributed by atoms with Crippen molar-refractivity contribution in [2.24, 2.45) is 0 Å². The maximum atomic E-state index is 12.7. The van der Waals surface area contributed by atoms with Crippen LogP contribution in [-0.4, -0.2) is 39.1 Å². The number of nitrogens with zero attached hydrogens (tertiary/aromatic N) is 3. The summed E-state index contributed by atoms with van der Waals surface area (Å²) in [5, 5.41) is 12.4. The van der Waals surface area contributed by atoms with Crippen LogP contribution in [-0.2, 0) is 4.79 Å². The summed E-state index contributed by atoms with van der Waals surface area (Å²) < 4.78 is 13.4. The zero-order valence-electron chi connectivity index (χ0n) is 15.2. The number of thioether (sulfide) groups is 1. The summed E-state index contributed by atoms with van der Waals surface area (Å²) in [6, 6.07) is 5.99. The Morgan fingerprint density at radius 3 is 2.70 bits per heavy atom. The second-order valence-electron chi connectivity index (χ2n) is 7.32. The molecule has 8 heteroatoms. The highest BCUT2D eigenvalue weighted by Gasteiger charge is 2.37. The summed E-state index contributed by atoms with van der Waals surface area (Å²) in [7, 11) is 0. The Labute approximate surface area is 161 Å². The monoisotopic (exact) mass is 386 g/mol. The molecule has 27 heavy (non-hydrogen) atoms. The molecule has 142 valence electrons. The molecule has 0 spiro atoms. The molecule has 5 rings (SSSR count). The van der Waals surface area contributed by atoms with Gasteiger partial charge in [0.25, 0.3) is 0 Å². The Hall–Kier alpha value is -2.22. The number of ether oxygens (including phenoxy) is 2. The van der Waals surface area contributed by atoms with Crippen molar-refractivity contribution in [2.45, 2.75) is 55.0 Å². The fourth-order valence-corrected chi connectivity index (χ4v) is 4.17. The number of aromatic nitrogens is 3. The van der Waals surface area contributed by atoms with Crippen molar-refractivity contribution in [3.63, 3.8) is 0 Å². The number of rotatable bonds is 6. The zero-order valence-corrected chi connectivity index (χ0v) is 16.0. The molecule has 2 fully saturated rings. The molecule has 1 aromatic heterocycles. The molecule has 2 saturated carbocycles. The predicted molar refractivity (Wildman–Crippen MR) is 102 cm³/mol. The average molecular weight is 386 g/mol. The van der Waals surface area contributed by atoms with Crippen molar-refractivity contribution in [1.82, 2.24) is 14.8 Å². The topological polar surface area (TPSA) is 78.3 Å². The second-order valence-corrected chi connectivity index (χ2v) is 8.63. The summed E-state index contributed by atoms with van der Waals surface area (Å²) in [5.74, 6) is 3.00. The van der Waals surface area contributed by atoms with Crippen LogP contribution in [0.3, 0.4) is 0 Å². The van der Waals surface area contributed by atoms with Gasteiger partial charge in [-0.15, -0.1) is 10.2 Å². The quantitative estimate of drug-likeness (QED) is 0.767. The third-order valence-electron chi connectivity index (χ3n) is 5.01. The van der Waals surface area contributed by atoms with Crippen LogP contribution in [0, 0.1) is 0 Å². The molecular weight excluding hydrogens is 364 g/mol. The van der Waals surface area contributed by atoms with Crippen LogP contribution >= 0.6 is 11.8 Å². The van der Waals surface area contributed by atoms with Gasteiger partial charge >= 0.3 is 0 Å². The number of carbonyl (C=O) groups is 1. The molecule has 0 saturated heterocycles. The Kier molecular flexibility index (Phi) is 4.22. The third-order valence-corrected chi connectivity index (χ3v) is 6.06. The van der Waals surface area contributed by atoms with E-state index in [1.54, 1.807) is 0 Å². The molecule has 7 nitrogen and oxygen atoms in total.